The Kier molecular flexibility index (Phi) is 3.29. The minimum absolute atomic E-state index is 0.184. The Bertz CT molecular complexity index is 361. The third kappa shape index (κ3) is 2.51. The number of rotatable bonds is 1. The second-order valence-electron chi connectivity index (χ2n) is 3.44. The van der Waals surface area contributed by atoms with E-state index in [1.54, 1.807) is 0 Å². The van der Waals surface area contributed by atoms with Gasteiger partial charge in [-0.1, -0.05) is 11.6 Å². The topological polar surface area (TPSA) is 38.2 Å². The van der Waals surface area contributed by atoms with E-state index >= 15 is 0 Å². The van der Waals surface area contributed by atoms with Gasteiger partial charge in [0.2, 0.25) is 5.28 Å². The fourth-order valence-corrected chi connectivity index (χ4v) is 1.91. The Hall–Kier alpha value is -0.580. The number of halogens is 2. The largest absolute Gasteiger partial charge is 0.375 e. The van der Waals surface area contributed by atoms with Crippen molar-refractivity contribution >= 4 is 29.0 Å². The second-order valence-corrected chi connectivity index (χ2v) is 4.18. The summed E-state index contributed by atoms with van der Waals surface area (Å²) < 4.78 is 5.44. The maximum absolute atomic E-state index is 6.01. The van der Waals surface area contributed by atoms with Gasteiger partial charge in [0, 0.05) is 13.1 Å². The van der Waals surface area contributed by atoms with E-state index in [1.165, 1.54) is 6.20 Å². The molecule has 15 heavy (non-hydrogen) atoms. The lowest BCUT2D eigenvalue weighted by atomic mass is 10.3. The van der Waals surface area contributed by atoms with Gasteiger partial charge in [0.15, 0.2) is 5.82 Å². The van der Waals surface area contributed by atoms with Crippen molar-refractivity contribution in [2.75, 3.05) is 24.6 Å². The second kappa shape index (κ2) is 4.51. The molecule has 0 radical (unpaired) electrons. The Balaban J connectivity index is 2.24. The molecule has 4 nitrogen and oxygen atoms in total. The summed E-state index contributed by atoms with van der Waals surface area (Å²) in [6.07, 6.45) is 1.70. The number of ether oxygens (including phenoxy) is 1. The lowest BCUT2D eigenvalue weighted by molar-refractivity contribution is 0.0529. The van der Waals surface area contributed by atoms with Crippen molar-refractivity contribution in [3.63, 3.8) is 0 Å². The van der Waals surface area contributed by atoms with Gasteiger partial charge < -0.3 is 9.64 Å². The standard InChI is InChI=1S/C9H11Cl2N3O/c1-6-5-14(2-3-15-6)8-7(10)4-12-9(11)13-8/h4,6H,2-3,5H2,1H3. The van der Waals surface area contributed by atoms with Crippen LogP contribution in [0.3, 0.4) is 0 Å². The first-order chi connectivity index (χ1) is 7.16. The van der Waals surface area contributed by atoms with E-state index in [4.69, 9.17) is 27.9 Å². The molecule has 1 aliphatic heterocycles. The van der Waals surface area contributed by atoms with Crippen molar-refractivity contribution in [1.29, 1.82) is 0 Å². The number of morpholine rings is 1. The number of hydrogen-bond donors (Lipinski definition) is 0. The van der Waals surface area contributed by atoms with Gasteiger partial charge in [0.1, 0.15) is 5.02 Å². The molecule has 1 atom stereocenters. The third-order valence-corrected chi connectivity index (χ3v) is 2.69. The first-order valence-corrected chi connectivity index (χ1v) is 5.47. The summed E-state index contributed by atoms with van der Waals surface area (Å²) in [5, 5.41) is 0.738. The molecule has 2 rings (SSSR count). The Labute approximate surface area is 98.2 Å². The summed E-state index contributed by atoms with van der Waals surface area (Å²) in [6.45, 7) is 4.24. The van der Waals surface area contributed by atoms with E-state index in [0.29, 0.717) is 17.4 Å². The fourth-order valence-electron chi connectivity index (χ4n) is 1.57. The van der Waals surface area contributed by atoms with Crippen LogP contribution >= 0.6 is 23.2 Å². The number of anilines is 1. The zero-order valence-electron chi connectivity index (χ0n) is 8.28. The average Bonchev–Trinajstić information content (AvgIpc) is 2.22. The predicted octanol–water partition coefficient (Wildman–Crippen LogP) is 2.01. The van der Waals surface area contributed by atoms with Gasteiger partial charge in [-0.25, -0.2) is 4.98 Å². The van der Waals surface area contributed by atoms with Crippen LogP contribution in [0.25, 0.3) is 0 Å². The highest BCUT2D eigenvalue weighted by atomic mass is 35.5. The molecule has 1 saturated heterocycles. The van der Waals surface area contributed by atoms with E-state index in [9.17, 15) is 0 Å². The highest BCUT2D eigenvalue weighted by molar-refractivity contribution is 6.33. The van der Waals surface area contributed by atoms with Gasteiger partial charge >= 0.3 is 0 Å². The van der Waals surface area contributed by atoms with Crippen molar-refractivity contribution in [3.8, 4) is 0 Å². The van der Waals surface area contributed by atoms with E-state index in [2.05, 4.69) is 14.9 Å². The maximum Gasteiger partial charge on any atom is 0.224 e. The molecule has 0 N–H and O–H groups in total. The van der Waals surface area contributed by atoms with Crippen LogP contribution in [0.1, 0.15) is 6.92 Å². The van der Waals surface area contributed by atoms with Crippen LogP contribution in [0.2, 0.25) is 10.3 Å². The van der Waals surface area contributed by atoms with Crippen molar-refractivity contribution in [2.45, 2.75) is 13.0 Å². The molecule has 0 saturated carbocycles. The van der Waals surface area contributed by atoms with Gasteiger partial charge in [0.05, 0.1) is 18.9 Å². The minimum Gasteiger partial charge on any atom is -0.375 e. The first kappa shape index (κ1) is 10.9. The molecule has 1 unspecified atom stereocenters. The monoisotopic (exact) mass is 247 g/mol. The lowest BCUT2D eigenvalue weighted by Gasteiger charge is -2.32. The number of aromatic nitrogens is 2. The fraction of sp³-hybridized carbons (Fsp3) is 0.556. The van der Waals surface area contributed by atoms with E-state index in [0.717, 1.165) is 13.1 Å². The highest BCUT2D eigenvalue weighted by Gasteiger charge is 2.20. The zero-order chi connectivity index (χ0) is 10.8. The Morgan fingerprint density at radius 3 is 3.07 bits per heavy atom. The van der Waals surface area contributed by atoms with E-state index in [-0.39, 0.29) is 11.4 Å². The average molecular weight is 248 g/mol. The number of nitrogens with zero attached hydrogens (tertiary/aromatic N) is 3. The van der Waals surface area contributed by atoms with Crippen molar-refractivity contribution in [2.24, 2.45) is 0 Å². The lowest BCUT2D eigenvalue weighted by Crippen LogP contribution is -2.41. The molecule has 1 aromatic rings. The van der Waals surface area contributed by atoms with Crippen LogP contribution in [0, 0.1) is 0 Å². The van der Waals surface area contributed by atoms with Crippen LogP contribution in [-0.4, -0.2) is 35.8 Å². The zero-order valence-corrected chi connectivity index (χ0v) is 9.79. The molecule has 82 valence electrons. The minimum atomic E-state index is 0.184. The summed E-state index contributed by atoms with van der Waals surface area (Å²) >= 11 is 11.7. The van der Waals surface area contributed by atoms with Crippen molar-refractivity contribution < 1.29 is 4.74 Å². The molecule has 1 aliphatic rings. The summed E-state index contributed by atoms with van der Waals surface area (Å²) in [4.78, 5) is 10.0. The van der Waals surface area contributed by atoms with Crippen LogP contribution in [0.4, 0.5) is 5.82 Å². The molecular weight excluding hydrogens is 237 g/mol. The van der Waals surface area contributed by atoms with Crippen LogP contribution in [0.15, 0.2) is 6.20 Å². The van der Waals surface area contributed by atoms with E-state index in [1.807, 2.05) is 6.92 Å². The molecule has 1 fully saturated rings. The Morgan fingerprint density at radius 2 is 2.33 bits per heavy atom. The van der Waals surface area contributed by atoms with Crippen LogP contribution < -0.4 is 4.90 Å². The van der Waals surface area contributed by atoms with Crippen LogP contribution in [-0.2, 0) is 4.74 Å². The molecule has 0 aromatic carbocycles. The predicted molar refractivity (Wildman–Crippen MR) is 59.7 cm³/mol. The molecule has 0 bridgehead atoms. The van der Waals surface area contributed by atoms with Crippen LogP contribution in [0.5, 0.6) is 0 Å². The molecule has 6 heteroatoms. The SMILES string of the molecule is CC1CN(c2nc(Cl)ncc2Cl)CCO1. The first-order valence-electron chi connectivity index (χ1n) is 4.71. The third-order valence-electron chi connectivity index (χ3n) is 2.24. The van der Waals surface area contributed by atoms with Gasteiger partial charge in [-0.15, -0.1) is 0 Å². The maximum atomic E-state index is 6.01. The molecule has 1 aromatic heterocycles. The summed E-state index contributed by atoms with van der Waals surface area (Å²) in [6, 6.07) is 0. The smallest absolute Gasteiger partial charge is 0.224 e. The molecule has 2 heterocycles. The van der Waals surface area contributed by atoms with Gasteiger partial charge in [-0.3, -0.25) is 0 Å². The van der Waals surface area contributed by atoms with Gasteiger partial charge in [-0.2, -0.15) is 4.98 Å². The Morgan fingerprint density at radius 1 is 1.53 bits per heavy atom. The van der Waals surface area contributed by atoms with Gasteiger partial charge in [0.25, 0.3) is 0 Å². The van der Waals surface area contributed by atoms with E-state index < -0.39 is 0 Å². The summed E-state index contributed by atoms with van der Waals surface area (Å²) in [5.74, 6) is 0.687. The molecular formula is C9H11Cl2N3O. The normalized spacial score (nSPS) is 21.8. The van der Waals surface area contributed by atoms with Crippen molar-refractivity contribution in [1.82, 2.24) is 9.97 Å². The van der Waals surface area contributed by atoms with Gasteiger partial charge in [-0.05, 0) is 18.5 Å². The summed E-state index contributed by atoms with van der Waals surface area (Å²) in [7, 11) is 0. The molecule has 0 spiro atoms. The number of hydrogen-bond acceptors (Lipinski definition) is 4. The highest BCUT2D eigenvalue weighted by Crippen LogP contribution is 2.25. The quantitative estimate of drug-likeness (QED) is 0.712. The van der Waals surface area contributed by atoms with Crippen molar-refractivity contribution in [3.05, 3.63) is 16.5 Å². The molecule has 0 aliphatic carbocycles. The summed E-state index contributed by atoms with van der Waals surface area (Å²) in [5.41, 5.74) is 0. The molecule has 0 amide bonds.